The van der Waals surface area contributed by atoms with Gasteiger partial charge in [0.05, 0.1) is 0 Å². The number of carbonyl (C=O) groups is 1. The first-order valence-electron chi connectivity index (χ1n) is 8.31. The van der Waals surface area contributed by atoms with Gasteiger partial charge in [0.25, 0.3) is 5.97 Å². The zero-order chi connectivity index (χ0) is 16.6. The molecular weight excluding hydrogens is 310 g/mol. The molecule has 1 saturated heterocycles. The van der Waals surface area contributed by atoms with Crippen molar-refractivity contribution in [1.29, 1.82) is 0 Å². The average molecular weight is 335 g/mol. The Balaban J connectivity index is 0.000000354. The van der Waals surface area contributed by atoms with E-state index in [9.17, 15) is 5.11 Å². The van der Waals surface area contributed by atoms with Crippen molar-refractivity contribution in [3.8, 4) is 5.75 Å². The highest BCUT2D eigenvalue weighted by Crippen LogP contribution is 2.63. The molecule has 1 aromatic rings. The third-order valence-corrected chi connectivity index (χ3v) is 6.85. The minimum Gasteiger partial charge on any atom is -0.508 e. The summed E-state index contributed by atoms with van der Waals surface area (Å²) in [7, 11) is 2.33. The Morgan fingerprint density at radius 3 is 2.57 bits per heavy atom. The molecule has 1 spiro atoms. The smallest absolute Gasteiger partial charge is 0.300 e. The van der Waals surface area contributed by atoms with Gasteiger partial charge in [0.2, 0.25) is 0 Å². The summed E-state index contributed by atoms with van der Waals surface area (Å²) in [5, 5.41) is 17.5. The van der Waals surface area contributed by atoms with E-state index in [1.165, 1.54) is 37.0 Å². The van der Waals surface area contributed by atoms with Crippen molar-refractivity contribution in [3.63, 3.8) is 0 Å². The van der Waals surface area contributed by atoms with Gasteiger partial charge in [-0.2, -0.15) is 0 Å². The summed E-state index contributed by atoms with van der Waals surface area (Å²) >= 11 is 2.02. The van der Waals surface area contributed by atoms with Crippen molar-refractivity contribution in [2.45, 2.75) is 60.8 Å². The molecule has 0 aromatic heterocycles. The molecule has 4 rings (SSSR count). The van der Waals surface area contributed by atoms with Crippen LogP contribution < -0.4 is 0 Å². The van der Waals surface area contributed by atoms with E-state index in [-0.39, 0.29) is 0 Å². The summed E-state index contributed by atoms with van der Waals surface area (Å²) in [5.74, 6) is 0.468. The standard InChI is InChI=1S/C16H21NOS.C2H4O2/c1-17-15-4-2-3-11-9-14(10-16(11,15)17)19-13-7-5-12(18)6-8-13;1-2(3)4/h5-8,11,14-15,18H,2-4,9-10H2,1H3;1H3,(H,3,4). The van der Waals surface area contributed by atoms with Gasteiger partial charge in [-0.05, 0) is 62.9 Å². The van der Waals surface area contributed by atoms with Crippen molar-refractivity contribution < 1.29 is 15.0 Å². The fourth-order valence-corrected chi connectivity index (χ4v) is 6.08. The lowest BCUT2D eigenvalue weighted by Crippen LogP contribution is -2.26. The van der Waals surface area contributed by atoms with Gasteiger partial charge in [-0.3, -0.25) is 9.69 Å². The third-order valence-electron chi connectivity index (χ3n) is 5.61. The molecule has 2 saturated carbocycles. The topological polar surface area (TPSA) is 60.5 Å². The lowest BCUT2D eigenvalue weighted by atomic mass is 9.81. The number of phenols is 1. The van der Waals surface area contributed by atoms with Crippen LogP contribution in [0, 0.1) is 5.92 Å². The normalized spacial score (nSPS) is 37.1. The van der Waals surface area contributed by atoms with Crippen LogP contribution in [-0.4, -0.2) is 45.0 Å². The molecule has 23 heavy (non-hydrogen) atoms. The second-order valence-corrected chi connectivity index (χ2v) is 8.31. The van der Waals surface area contributed by atoms with Crippen LogP contribution in [-0.2, 0) is 4.79 Å². The van der Waals surface area contributed by atoms with Crippen LogP contribution in [0.4, 0.5) is 0 Å². The summed E-state index contributed by atoms with van der Waals surface area (Å²) in [4.78, 5) is 13.0. The predicted octanol–water partition coefficient (Wildman–Crippen LogP) is 3.59. The molecule has 126 valence electrons. The first-order chi connectivity index (χ1) is 10.9. The molecular formula is C18H25NO3S. The number of hydrogen-bond donors (Lipinski definition) is 2. The monoisotopic (exact) mass is 335 g/mol. The number of phenolic OH excluding ortho intramolecular Hbond substituents is 1. The van der Waals surface area contributed by atoms with Crippen LogP contribution in [0.1, 0.15) is 39.0 Å². The van der Waals surface area contributed by atoms with Gasteiger partial charge in [-0.15, -0.1) is 11.8 Å². The molecule has 1 aromatic carbocycles. The van der Waals surface area contributed by atoms with E-state index in [0.717, 1.165) is 24.1 Å². The van der Waals surface area contributed by atoms with Gasteiger partial charge in [0.15, 0.2) is 0 Å². The van der Waals surface area contributed by atoms with Crippen LogP contribution >= 0.6 is 11.8 Å². The van der Waals surface area contributed by atoms with Crippen LogP contribution in [0.2, 0.25) is 0 Å². The second-order valence-electron chi connectivity index (χ2n) is 6.94. The highest BCUT2D eigenvalue weighted by atomic mass is 32.2. The predicted molar refractivity (Wildman–Crippen MR) is 91.9 cm³/mol. The summed E-state index contributed by atoms with van der Waals surface area (Å²) in [5.41, 5.74) is 0.576. The van der Waals surface area contributed by atoms with Crippen LogP contribution in [0.25, 0.3) is 0 Å². The van der Waals surface area contributed by atoms with Crippen molar-refractivity contribution in [1.82, 2.24) is 4.90 Å². The molecule has 1 heterocycles. The molecule has 0 radical (unpaired) electrons. The van der Waals surface area contributed by atoms with Gasteiger partial charge in [0.1, 0.15) is 5.75 Å². The molecule has 3 aliphatic rings. The van der Waals surface area contributed by atoms with Crippen LogP contribution in [0.15, 0.2) is 29.2 Å². The Kier molecular flexibility index (Phi) is 4.61. The summed E-state index contributed by atoms with van der Waals surface area (Å²) in [6, 6.07) is 8.59. The van der Waals surface area contributed by atoms with Crippen molar-refractivity contribution in [2.75, 3.05) is 7.05 Å². The Morgan fingerprint density at radius 1 is 1.30 bits per heavy atom. The molecule has 1 aliphatic heterocycles. The van der Waals surface area contributed by atoms with E-state index in [1.54, 1.807) is 12.1 Å². The lowest BCUT2D eigenvalue weighted by Gasteiger charge is -2.22. The molecule has 4 nitrogen and oxygen atoms in total. The van der Waals surface area contributed by atoms with Crippen molar-refractivity contribution in [2.24, 2.45) is 5.92 Å². The van der Waals surface area contributed by atoms with Gasteiger partial charge in [0, 0.05) is 28.6 Å². The van der Waals surface area contributed by atoms with Gasteiger partial charge >= 0.3 is 0 Å². The third kappa shape index (κ3) is 3.22. The van der Waals surface area contributed by atoms with Gasteiger partial charge in [-0.1, -0.05) is 6.42 Å². The minimum atomic E-state index is -0.833. The molecule has 3 fully saturated rings. The number of thioether (sulfide) groups is 1. The fraction of sp³-hybridized carbons (Fsp3) is 0.611. The molecule has 2 N–H and O–H groups in total. The summed E-state index contributed by atoms with van der Waals surface area (Å²) in [6.07, 6.45) is 7.03. The molecule has 5 atom stereocenters. The Morgan fingerprint density at radius 2 is 1.96 bits per heavy atom. The number of nitrogens with zero attached hydrogens (tertiary/aromatic N) is 1. The average Bonchev–Trinajstić information content (AvgIpc) is 2.91. The molecule has 0 bridgehead atoms. The zero-order valence-electron chi connectivity index (χ0n) is 13.7. The molecule has 5 unspecified atom stereocenters. The first kappa shape index (κ1) is 16.7. The van der Waals surface area contributed by atoms with Gasteiger partial charge in [-0.25, -0.2) is 0 Å². The number of hydrogen-bond acceptors (Lipinski definition) is 4. The molecule has 2 aliphatic carbocycles. The zero-order valence-corrected chi connectivity index (χ0v) is 14.6. The van der Waals surface area contributed by atoms with Crippen LogP contribution in [0.5, 0.6) is 5.75 Å². The van der Waals surface area contributed by atoms with E-state index in [1.807, 2.05) is 23.9 Å². The summed E-state index contributed by atoms with van der Waals surface area (Å²) < 4.78 is 0. The number of benzene rings is 1. The molecule has 5 heteroatoms. The number of aliphatic carboxylic acids is 1. The van der Waals surface area contributed by atoms with E-state index < -0.39 is 5.97 Å². The quantitative estimate of drug-likeness (QED) is 0.809. The number of likely N-dealkylation sites (N-methyl/N-ethyl adjacent to an activating group) is 1. The van der Waals surface area contributed by atoms with E-state index in [4.69, 9.17) is 9.90 Å². The highest BCUT2D eigenvalue weighted by Gasteiger charge is 2.68. The fourth-order valence-electron chi connectivity index (χ4n) is 4.72. The number of aromatic hydroxyl groups is 1. The van der Waals surface area contributed by atoms with E-state index in [2.05, 4.69) is 11.9 Å². The Hall–Kier alpha value is -1.20. The maximum absolute atomic E-state index is 9.35. The number of rotatable bonds is 2. The SMILES string of the molecule is CC(=O)O.CN1C2CCCC3CC(Sc4ccc(O)cc4)CC321. The maximum atomic E-state index is 9.35. The van der Waals surface area contributed by atoms with Crippen molar-refractivity contribution in [3.05, 3.63) is 24.3 Å². The Bertz CT molecular complexity index is 572. The summed E-state index contributed by atoms with van der Waals surface area (Å²) in [6.45, 7) is 1.08. The number of carboxylic acids is 1. The minimum absolute atomic E-state index is 0.366. The van der Waals surface area contributed by atoms with E-state index in [0.29, 0.717) is 11.3 Å². The van der Waals surface area contributed by atoms with Crippen molar-refractivity contribution >= 4 is 17.7 Å². The molecule has 0 amide bonds. The van der Waals surface area contributed by atoms with Gasteiger partial charge < -0.3 is 10.2 Å². The highest BCUT2D eigenvalue weighted by molar-refractivity contribution is 8.00. The Labute approximate surface area is 141 Å². The number of likely N-dealkylation sites (tertiary alicyclic amines) is 1. The number of carboxylic acid groups (broad SMARTS) is 1. The van der Waals surface area contributed by atoms with E-state index >= 15 is 0 Å². The maximum Gasteiger partial charge on any atom is 0.300 e. The second kappa shape index (κ2) is 6.36. The lowest BCUT2D eigenvalue weighted by molar-refractivity contribution is -0.134. The van der Waals surface area contributed by atoms with Crippen LogP contribution in [0.3, 0.4) is 0 Å². The largest absolute Gasteiger partial charge is 0.508 e. The first-order valence-corrected chi connectivity index (χ1v) is 9.19.